The fraction of sp³-hybridized carbons (Fsp3) is 0.500. The third-order valence-corrected chi connectivity index (χ3v) is 4.94. The summed E-state index contributed by atoms with van der Waals surface area (Å²) < 4.78 is 1.73. The summed E-state index contributed by atoms with van der Waals surface area (Å²) in [5, 5.41) is 8.44. The van der Waals surface area contributed by atoms with Crippen molar-refractivity contribution in [1.29, 1.82) is 0 Å². The Hall–Kier alpha value is -2.21. The minimum atomic E-state index is 0.394. The van der Waals surface area contributed by atoms with Crippen molar-refractivity contribution in [3.05, 3.63) is 34.5 Å². The molecule has 144 valence electrons. The molecular weight excluding hydrogens is 360 g/mol. The zero-order chi connectivity index (χ0) is 19.6. The molecule has 0 aliphatic rings. The van der Waals surface area contributed by atoms with Gasteiger partial charge >= 0.3 is 0 Å². The number of hydrogen-bond donors (Lipinski definition) is 1. The van der Waals surface area contributed by atoms with Crippen LogP contribution in [0.3, 0.4) is 0 Å². The summed E-state index contributed by atoms with van der Waals surface area (Å²) in [4.78, 5) is 14.1. The van der Waals surface area contributed by atoms with Crippen LogP contribution in [0.1, 0.15) is 56.6 Å². The van der Waals surface area contributed by atoms with Gasteiger partial charge in [-0.25, -0.2) is 14.5 Å². The normalized spacial score (nSPS) is 11.5. The number of rotatable bonds is 7. The van der Waals surface area contributed by atoms with E-state index >= 15 is 0 Å². The fourth-order valence-corrected chi connectivity index (χ4v) is 3.52. The molecule has 0 radical (unpaired) electrons. The zero-order valence-corrected chi connectivity index (χ0v) is 17.4. The number of imidazole rings is 1. The summed E-state index contributed by atoms with van der Waals surface area (Å²) in [6.45, 7) is 10.3. The summed E-state index contributed by atoms with van der Waals surface area (Å²) >= 11 is 6.27. The van der Waals surface area contributed by atoms with Gasteiger partial charge in [-0.15, -0.1) is 0 Å². The Morgan fingerprint density at radius 2 is 1.67 bits per heavy atom. The number of anilines is 1. The Balaban J connectivity index is 2.06. The van der Waals surface area contributed by atoms with Gasteiger partial charge in [-0.05, 0) is 33.6 Å². The topological polar surface area (TPSA) is 68.0 Å². The van der Waals surface area contributed by atoms with Crippen LogP contribution in [0.15, 0.2) is 12.3 Å². The molecule has 0 saturated heterocycles. The van der Waals surface area contributed by atoms with Crippen LogP contribution in [0, 0.1) is 20.8 Å². The lowest BCUT2D eigenvalue weighted by atomic mass is 10.1. The number of nitrogens with zero attached hydrogens (tertiary/aromatic N) is 5. The Kier molecular flexibility index (Phi) is 5.95. The largest absolute Gasteiger partial charge is 0.379 e. The molecule has 0 fully saturated rings. The molecular formula is C20H27ClN6. The standard InChI is InChI=1S/C20H27ClN6/c1-6-8-15(9-7-2)24-16-10-18(21)26-27-11-17(25-20(16)27)19-14(5)22-12(3)13(4)23-19/h10-11,15,24H,6-9H2,1-5H3. The first-order valence-corrected chi connectivity index (χ1v) is 9.95. The summed E-state index contributed by atoms with van der Waals surface area (Å²) in [5.41, 5.74) is 5.90. The zero-order valence-electron chi connectivity index (χ0n) is 16.7. The first-order chi connectivity index (χ1) is 12.9. The molecule has 0 unspecified atom stereocenters. The Morgan fingerprint density at radius 3 is 2.33 bits per heavy atom. The summed E-state index contributed by atoms with van der Waals surface area (Å²) in [6, 6.07) is 2.25. The predicted molar refractivity (Wildman–Crippen MR) is 110 cm³/mol. The molecule has 1 N–H and O–H groups in total. The SMILES string of the molecule is CCCC(CCC)Nc1cc(Cl)nn2cc(-c3nc(C)c(C)nc3C)nc12. The molecule has 27 heavy (non-hydrogen) atoms. The van der Waals surface area contributed by atoms with Crippen LogP contribution in [-0.4, -0.2) is 30.6 Å². The quantitative estimate of drug-likeness (QED) is 0.608. The highest BCUT2D eigenvalue weighted by atomic mass is 35.5. The van der Waals surface area contributed by atoms with E-state index < -0.39 is 0 Å². The highest BCUT2D eigenvalue weighted by Gasteiger charge is 2.17. The molecule has 3 aromatic rings. The van der Waals surface area contributed by atoms with Gasteiger partial charge in [0, 0.05) is 12.1 Å². The average molecular weight is 387 g/mol. The predicted octanol–water partition coefficient (Wildman–Crippen LogP) is 5.15. The molecule has 7 heteroatoms. The van der Waals surface area contributed by atoms with Crippen molar-refractivity contribution >= 4 is 22.9 Å². The van der Waals surface area contributed by atoms with Crippen LogP contribution < -0.4 is 5.32 Å². The highest BCUT2D eigenvalue weighted by molar-refractivity contribution is 6.29. The first kappa shape index (κ1) is 19.5. The number of nitrogens with one attached hydrogen (secondary N) is 1. The smallest absolute Gasteiger partial charge is 0.177 e. The van der Waals surface area contributed by atoms with E-state index in [2.05, 4.69) is 29.2 Å². The summed E-state index contributed by atoms with van der Waals surface area (Å²) in [6.07, 6.45) is 6.34. The molecule has 3 heterocycles. The molecule has 0 aliphatic carbocycles. The minimum Gasteiger partial charge on any atom is -0.379 e. The van der Waals surface area contributed by atoms with Gasteiger partial charge in [-0.2, -0.15) is 5.10 Å². The van der Waals surface area contributed by atoms with Crippen molar-refractivity contribution in [1.82, 2.24) is 24.6 Å². The van der Waals surface area contributed by atoms with E-state index in [-0.39, 0.29) is 0 Å². The van der Waals surface area contributed by atoms with Crippen LogP contribution in [0.5, 0.6) is 0 Å². The van der Waals surface area contributed by atoms with E-state index in [9.17, 15) is 0 Å². The van der Waals surface area contributed by atoms with Gasteiger partial charge in [0.2, 0.25) is 0 Å². The van der Waals surface area contributed by atoms with Gasteiger partial charge in [0.25, 0.3) is 0 Å². The third kappa shape index (κ3) is 4.21. The number of aryl methyl sites for hydroxylation is 3. The van der Waals surface area contributed by atoms with Crippen molar-refractivity contribution in [3.8, 4) is 11.4 Å². The van der Waals surface area contributed by atoms with E-state index in [1.54, 1.807) is 4.52 Å². The highest BCUT2D eigenvalue weighted by Crippen LogP contribution is 2.27. The molecule has 0 atom stereocenters. The summed E-state index contributed by atoms with van der Waals surface area (Å²) in [5.74, 6) is 0. The van der Waals surface area contributed by atoms with E-state index in [0.29, 0.717) is 11.2 Å². The van der Waals surface area contributed by atoms with Gasteiger partial charge in [-0.1, -0.05) is 38.3 Å². The Bertz CT molecular complexity index is 943. The van der Waals surface area contributed by atoms with Crippen LogP contribution >= 0.6 is 11.6 Å². The average Bonchev–Trinajstić information content (AvgIpc) is 3.02. The second kappa shape index (κ2) is 8.21. The third-order valence-electron chi connectivity index (χ3n) is 4.75. The van der Waals surface area contributed by atoms with Crippen LogP contribution in [0.25, 0.3) is 17.0 Å². The van der Waals surface area contributed by atoms with Gasteiger partial charge < -0.3 is 5.32 Å². The number of halogens is 1. The van der Waals surface area contributed by atoms with Crippen molar-refractivity contribution in [3.63, 3.8) is 0 Å². The van der Waals surface area contributed by atoms with Gasteiger partial charge in [0.15, 0.2) is 10.8 Å². The maximum atomic E-state index is 6.27. The van der Waals surface area contributed by atoms with E-state index in [0.717, 1.165) is 65.5 Å². The van der Waals surface area contributed by atoms with Crippen molar-refractivity contribution in [2.24, 2.45) is 0 Å². The van der Waals surface area contributed by atoms with E-state index in [4.69, 9.17) is 21.6 Å². The molecule has 0 aliphatic heterocycles. The molecule has 0 amide bonds. The second-order valence-corrected chi connectivity index (χ2v) is 7.41. The molecule has 3 rings (SSSR count). The molecule has 6 nitrogen and oxygen atoms in total. The monoisotopic (exact) mass is 386 g/mol. The van der Waals surface area contributed by atoms with Gasteiger partial charge in [0.1, 0.15) is 11.4 Å². The van der Waals surface area contributed by atoms with Crippen molar-refractivity contribution < 1.29 is 0 Å². The minimum absolute atomic E-state index is 0.394. The van der Waals surface area contributed by atoms with E-state index in [1.807, 2.05) is 33.0 Å². The number of fused-ring (bicyclic) bond motifs is 1. The second-order valence-electron chi connectivity index (χ2n) is 7.02. The molecule has 0 saturated carbocycles. The van der Waals surface area contributed by atoms with Crippen LogP contribution in [-0.2, 0) is 0 Å². The molecule has 0 spiro atoms. The van der Waals surface area contributed by atoms with Gasteiger partial charge in [0.05, 0.1) is 29.0 Å². The molecule has 3 aromatic heterocycles. The lowest BCUT2D eigenvalue weighted by Crippen LogP contribution is -2.19. The summed E-state index contributed by atoms with van der Waals surface area (Å²) in [7, 11) is 0. The first-order valence-electron chi connectivity index (χ1n) is 9.57. The maximum absolute atomic E-state index is 6.27. The maximum Gasteiger partial charge on any atom is 0.177 e. The number of aromatic nitrogens is 5. The molecule has 0 aromatic carbocycles. The fourth-order valence-electron chi connectivity index (χ4n) is 3.33. The number of hydrogen-bond acceptors (Lipinski definition) is 5. The lowest BCUT2D eigenvalue weighted by Gasteiger charge is -2.19. The Morgan fingerprint density at radius 1 is 1.00 bits per heavy atom. The Labute approximate surface area is 165 Å². The van der Waals surface area contributed by atoms with Gasteiger partial charge in [-0.3, -0.25) is 4.98 Å². The van der Waals surface area contributed by atoms with Crippen LogP contribution in [0.2, 0.25) is 5.15 Å². The van der Waals surface area contributed by atoms with Crippen molar-refractivity contribution in [2.45, 2.75) is 66.3 Å². The van der Waals surface area contributed by atoms with Crippen molar-refractivity contribution in [2.75, 3.05) is 5.32 Å². The molecule has 0 bridgehead atoms. The van der Waals surface area contributed by atoms with E-state index in [1.165, 1.54) is 0 Å². The lowest BCUT2D eigenvalue weighted by molar-refractivity contribution is 0.586. The van der Waals surface area contributed by atoms with Crippen LogP contribution in [0.4, 0.5) is 5.69 Å².